The van der Waals surface area contributed by atoms with Crippen molar-refractivity contribution in [1.29, 1.82) is 0 Å². The van der Waals surface area contributed by atoms with Crippen LogP contribution >= 0.6 is 0 Å². The summed E-state index contributed by atoms with van der Waals surface area (Å²) in [5.74, 6) is -0.499. The van der Waals surface area contributed by atoms with E-state index in [4.69, 9.17) is 9.47 Å². The van der Waals surface area contributed by atoms with Crippen LogP contribution in [-0.4, -0.2) is 36.0 Å². The van der Waals surface area contributed by atoms with E-state index >= 15 is 0 Å². The number of hydrogen-bond acceptors (Lipinski definition) is 4. The summed E-state index contributed by atoms with van der Waals surface area (Å²) in [5.41, 5.74) is 0.530. The maximum Gasteiger partial charge on any atom is 0.172 e. The van der Waals surface area contributed by atoms with Crippen LogP contribution in [0, 0.1) is 5.41 Å². The van der Waals surface area contributed by atoms with E-state index < -0.39 is 11.9 Å². The van der Waals surface area contributed by atoms with Crippen LogP contribution in [0.25, 0.3) is 0 Å². The van der Waals surface area contributed by atoms with Gasteiger partial charge in [0, 0.05) is 19.3 Å². The fraction of sp³-hybridized carbons (Fsp3) is 0.786. The molecule has 0 saturated carbocycles. The molecular formula is C14H22O4. The number of ether oxygens (including phenoxy) is 2. The molecule has 2 rings (SSSR count). The van der Waals surface area contributed by atoms with Crippen LogP contribution in [0.4, 0.5) is 0 Å². The van der Waals surface area contributed by atoms with E-state index in [9.17, 15) is 9.90 Å². The number of carbonyl (C=O) groups is 1. The van der Waals surface area contributed by atoms with Gasteiger partial charge in [0.05, 0.1) is 19.3 Å². The largest absolute Gasteiger partial charge is 0.393 e. The number of allylic oxidation sites excluding steroid dienone is 1. The Morgan fingerprint density at radius 2 is 2.06 bits per heavy atom. The molecular weight excluding hydrogens is 232 g/mol. The van der Waals surface area contributed by atoms with Crippen LogP contribution in [0.5, 0.6) is 0 Å². The summed E-state index contributed by atoms with van der Waals surface area (Å²) in [6.07, 6.45) is 2.84. The van der Waals surface area contributed by atoms with Crippen molar-refractivity contribution in [2.75, 3.05) is 13.2 Å². The molecule has 1 aliphatic carbocycles. The van der Waals surface area contributed by atoms with E-state index in [0.717, 1.165) is 5.57 Å². The first-order valence-electron chi connectivity index (χ1n) is 6.54. The molecule has 1 aliphatic heterocycles. The van der Waals surface area contributed by atoms with Gasteiger partial charge in [-0.25, -0.2) is 0 Å². The van der Waals surface area contributed by atoms with E-state index in [0.29, 0.717) is 26.1 Å². The Hall–Kier alpha value is -0.710. The first kappa shape index (κ1) is 13.7. The molecule has 0 aromatic rings. The third kappa shape index (κ3) is 2.66. The fourth-order valence-corrected chi connectivity index (χ4v) is 2.96. The van der Waals surface area contributed by atoms with Crippen LogP contribution in [-0.2, 0) is 14.3 Å². The van der Waals surface area contributed by atoms with Crippen LogP contribution < -0.4 is 0 Å². The normalized spacial score (nSPS) is 27.0. The van der Waals surface area contributed by atoms with Crippen molar-refractivity contribution in [2.45, 2.75) is 51.9 Å². The van der Waals surface area contributed by atoms with Gasteiger partial charge in [-0.15, -0.1) is 0 Å². The topological polar surface area (TPSA) is 55.8 Å². The zero-order valence-electron chi connectivity index (χ0n) is 11.4. The van der Waals surface area contributed by atoms with Gasteiger partial charge in [0.2, 0.25) is 0 Å². The van der Waals surface area contributed by atoms with E-state index in [1.165, 1.54) is 0 Å². The second-order valence-electron chi connectivity index (χ2n) is 5.97. The average Bonchev–Trinajstić information content (AvgIpc) is 2.63. The van der Waals surface area contributed by atoms with Crippen LogP contribution in [0.1, 0.15) is 40.0 Å². The second-order valence-corrected chi connectivity index (χ2v) is 5.97. The smallest absolute Gasteiger partial charge is 0.172 e. The monoisotopic (exact) mass is 254 g/mol. The highest BCUT2D eigenvalue weighted by molar-refractivity contribution is 5.97. The lowest BCUT2D eigenvalue weighted by Crippen LogP contribution is -2.41. The molecule has 0 aromatic heterocycles. The Kier molecular flexibility index (Phi) is 3.63. The lowest BCUT2D eigenvalue weighted by Gasteiger charge is -2.40. The van der Waals surface area contributed by atoms with Crippen LogP contribution in [0.15, 0.2) is 11.6 Å². The quantitative estimate of drug-likeness (QED) is 0.834. The molecule has 1 spiro atoms. The number of rotatable bonds is 3. The van der Waals surface area contributed by atoms with Crippen molar-refractivity contribution in [3.63, 3.8) is 0 Å². The second kappa shape index (κ2) is 4.76. The predicted molar refractivity (Wildman–Crippen MR) is 67.0 cm³/mol. The van der Waals surface area contributed by atoms with Gasteiger partial charge in [-0.05, 0) is 17.9 Å². The number of carbonyl (C=O) groups excluding carboxylic acids is 1. The van der Waals surface area contributed by atoms with Crippen molar-refractivity contribution in [2.24, 2.45) is 5.41 Å². The van der Waals surface area contributed by atoms with Crippen molar-refractivity contribution < 1.29 is 19.4 Å². The first-order valence-corrected chi connectivity index (χ1v) is 6.54. The minimum Gasteiger partial charge on any atom is -0.393 e. The Balaban J connectivity index is 2.16. The highest BCUT2D eigenvalue weighted by Gasteiger charge is 2.46. The minimum absolute atomic E-state index is 0.0304. The summed E-state index contributed by atoms with van der Waals surface area (Å²) >= 11 is 0. The Morgan fingerprint density at radius 3 is 2.56 bits per heavy atom. The number of hydrogen-bond donors (Lipinski definition) is 1. The summed E-state index contributed by atoms with van der Waals surface area (Å²) in [4.78, 5) is 12.1. The first-order chi connectivity index (χ1) is 8.35. The van der Waals surface area contributed by atoms with E-state index in [1.807, 2.05) is 19.9 Å². The maximum atomic E-state index is 12.1. The number of Topliss-reactive ketones (excluding diaryl/α,β-unsaturated/α-hetero) is 1. The maximum absolute atomic E-state index is 12.1. The van der Waals surface area contributed by atoms with Gasteiger partial charge < -0.3 is 14.6 Å². The number of aliphatic hydroxyl groups is 1. The number of aliphatic hydroxyl groups excluding tert-OH is 1. The molecule has 1 fully saturated rings. The van der Waals surface area contributed by atoms with Crippen molar-refractivity contribution in [3.8, 4) is 0 Å². The van der Waals surface area contributed by atoms with Crippen molar-refractivity contribution in [1.82, 2.24) is 0 Å². The SMILES string of the molecule is CC(O)CC(=O)C1=CCC2(CC1(C)C)OCCO2. The summed E-state index contributed by atoms with van der Waals surface area (Å²) < 4.78 is 11.4. The van der Waals surface area contributed by atoms with Crippen molar-refractivity contribution in [3.05, 3.63) is 11.6 Å². The molecule has 1 heterocycles. The van der Waals surface area contributed by atoms with Crippen LogP contribution in [0.3, 0.4) is 0 Å². The third-order valence-electron chi connectivity index (χ3n) is 3.65. The van der Waals surface area contributed by atoms with E-state index in [-0.39, 0.29) is 17.6 Å². The lowest BCUT2D eigenvalue weighted by atomic mass is 9.71. The molecule has 2 aliphatic rings. The fourth-order valence-electron chi connectivity index (χ4n) is 2.96. The van der Waals surface area contributed by atoms with Gasteiger partial charge in [-0.2, -0.15) is 0 Å². The highest BCUT2D eigenvalue weighted by Crippen LogP contribution is 2.46. The third-order valence-corrected chi connectivity index (χ3v) is 3.65. The Morgan fingerprint density at radius 1 is 1.44 bits per heavy atom. The molecule has 0 amide bonds. The zero-order valence-corrected chi connectivity index (χ0v) is 11.4. The molecule has 1 unspecified atom stereocenters. The average molecular weight is 254 g/mol. The Bertz CT molecular complexity index is 362. The molecule has 0 radical (unpaired) electrons. The van der Waals surface area contributed by atoms with Gasteiger partial charge in [0.15, 0.2) is 11.6 Å². The molecule has 4 nitrogen and oxygen atoms in total. The molecule has 1 N–H and O–H groups in total. The van der Waals surface area contributed by atoms with Gasteiger partial charge >= 0.3 is 0 Å². The summed E-state index contributed by atoms with van der Waals surface area (Å²) in [7, 11) is 0. The molecule has 0 aromatic carbocycles. The Labute approximate surface area is 108 Å². The van der Waals surface area contributed by atoms with Crippen molar-refractivity contribution >= 4 is 5.78 Å². The zero-order chi connectivity index (χ0) is 13.4. The van der Waals surface area contributed by atoms with E-state index in [1.54, 1.807) is 6.92 Å². The van der Waals surface area contributed by atoms with E-state index in [2.05, 4.69) is 0 Å². The molecule has 4 heteroatoms. The highest BCUT2D eigenvalue weighted by atomic mass is 16.7. The minimum atomic E-state index is -0.593. The van der Waals surface area contributed by atoms with Gasteiger partial charge in [-0.3, -0.25) is 4.79 Å². The molecule has 102 valence electrons. The predicted octanol–water partition coefficient (Wildman–Crippen LogP) is 1.82. The molecule has 1 saturated heterocycles. The van der Waals surface area contributed by atoms with Crippen LogP contribution in [0.2, 0.25) is 0 Å². The van der Waals surface area contributed by atoms with Gasteiger partial charge in [0.1, 0.15) is 0 Å². The summed E-state index contributed by atoms with van der Waals surface area (Å²) in [6.45, 7) is 6.95. The van der Waals surface area contributed by atoms with Gasteiger partial charge in [0.25, 0.3) is 0 Å². The summed E-state index contributed by atoms with van der Waals surface area (Å²) in [5, 5.41) is 9.33. The number of ketones is 1. The molecule has 18 heavy (non-hydrogen) atoms. The van der Waals surface area contributed by atoms with Gasteiger partial charge in [-0.1, -0.05) is 19.9 Å². The lowest BCUT2D eigenvalue weighted by molar-refractivity contribution is -0.177. The standard InChI is InChI=1S/C14H22O4/c1-10(15)8-12(16)11-4-5-14(9-13(11,2)3)17-6-7-18-14/h4,10,15H,5-9H2,1-3H3. The molecule has 1 atom stereocenters. The summed E-state index contributed by atoms with van der Waals surface area (Å²) in [6, 6.07) is 0. The molecule has 0 bridgehead atoms.